The van der Waals surface area contributed by atoms with Crippen molar-refractivity contribution in [3.05, 3.63) is 60.0 Å². The molecule has 0 unspecified atom stereocenters. The minimum atomic E-state index is 0.396. The van der Waals surface area contributed by atoms with E-state index in [0.717, 1.165) is 11.3 Å². The van der Waals surface area contributed by atoms with Gasteiger partial charge in [-0.05, 0) is 6.07 Å². The summed E-state index contributed by atoms with van der Waals surface area (Å²) in [5, 5.41) is 4.84. The van der Waals surface area contributed by atoms with Crippen LogP contribution in [0.2, 0.25) is 5.15 Å². The van der Waals surface area contributed by atoms with E-state index in [1.165, 1.54) is 0 Å². The predicted molar refractivity (Wildman–Crippen MR) is 78.0 cm³/mol. The number of aromatic nitrogens is 3. The SMILES string of the molecule is Cn1cc(Oc2ccnc(Cl)c2)c(-c2ccccc2)n1. The Hall–Kier alpha value is -2.33. The van der Waals surface area contributed by atoms with E-state index in [4.69, 9.17) is 16.3 Å². The first-order valence-electron chi connectivity index (χ1n) is 6.11. The summed E-state index contributed by atoms with van der Waals surface area (Å²) >= 11 is 5.86. The Morgan fingerprint density at radius 2 is 1.95 bits per heavy atom. The number of nitrogens with zero attached hydrogens (tertiary/aromatic N) is 3. The molecule has 0 aliphatic rings. The van der Waals surface area contributed by atoms with Gasteiger partial charge >= 0.3 is 0 Å². The van der Waals surface area contributed by atoms with Gasteiger partial charge in [0.1, 0.15) is 16.6 Å². The molecule has 3 aromatic rings. The van der Waals surface area contributed by atoms with Gasteiger partial charge in [0, 0.05) is 24.9 Å². The van der Waals surface area contributed by atoms with Crippen molar-refractivity contribution in [1.29, 1.82) is 0 Å². The number of rotatable bonds is 3. The molecule has 0 spiro atoms. The van der Waals surface area contributed by atoms with Gasteiger partial charge in [-0.3, -0.25) is 4.68 Å². The van der Waals surface area contributed by atoms with Crippen LogP contribution in [0.3, 0.4) is 0 Å². The van der Waals surface area contributed by atoms with Crippen LogP contribution in [0.1, 0.15) is 0 Å². The third-order valence-corrected chi connectivity index (χ3v) is 2.97. The summed E-state index contributed by atoms with van der Waals surface area (Å²) in [5.41, 5.74) is 1.80. The second-order valence-electron chi connectivity index (χ2n) is 4.30. The number of aryl methyl sites for hydroxylation is 1. The van der Waals surface area contributed by atoms with Gasteiger partial charge in [0.25, 0.3) is 0 Å². The zero-order valence-electron chi connectivity index (χ0n) is 10.8. The Labute approximate surface area is 121 Å². The van der Waals surface area contributed by atoms with E-state index < -0.39 is 0 Å². The third kappa shape index (κ3) is 2.65. The summed E-state index contributed by atoms with van der Waals surface area (Å²) in [7, 11) is 1.86. The smallest absolute Gasteiger partial charge is 0.173 e. The van der Waals surface area contributed by atoms with Crippen molar-refractivity contribution in [2.45, 2.75) is 0 Å². The fourth-order valence-electron chi connectivity index (χ4n) is 1.91. The highest BCUT2D eigenvalue weighted by atomic mass is 35.5. The molecule has 2 heterocycles. The molecular weight excluding hydrogens is 274 g/mol. The van der Waals surface area contributed by atoms with Crippen LogP contribution < -0.4 is 4.74 Å². The number of hydrogen-bond acceptors (Lipinski definition) is 3. The molecule has 0 aliphatic heterocycles. The summed E-state index contributed by atoms with van der Waals surface area (Å²) < 4.78 is 7.58. The second kappa shape index (κ2) is 5.35. The molecule has 100 valence electrons. The van der Waals surface area contributed by atoms with E-state index in [9.17, 15) is 0 Å². The number of hydrogen-bond donors (Lipinski definition) is 0. The zero-order valence-corrected chi connectivity index (χ0v) is 11.6. The van der Waals surface area contributed by atoms with Crippen LogP contribution in [-0.4, -0.2) is 14.8 Å². The van der Waals surface area contributed by atoms with Crippen LogP contribution in [0.25, 0.3) is 11.3 Å². The van der Waals surface area contributed by atoms with E-state index in [1.807, 2.05) is 43.6 Å². The highest BCUT2D eigenvalue weighted by Gasteiger charge is 2.12. The molecule has 1 aromatic carbocycles. The lowest BCUT2D eigenvalue weighted by Crippen LogP contribution is -1.88. The summed E-state index contributed by atoms with van der Waals surface area (Å²) in [6, 6.07) is 13.3. The first-order chi connectivity index (χ1) is 9.72. The maximum Gasteiger partial charge on any atom is 0.173 e. The molecule has 0 amide bonds. The topological polar surface area (TPSA) is 39.9 Å². The van der Waals surface area contributed by atoms with Crippen molar-refractivity contribution < 1.29 is 4.74 Å². The highest BCUT2D eigenvalue weighted by Crippen LogP contribution is 2.32. The van der Waals surface area contributed by atoms with Crippen LogP contribution in [0.15, 0.2) is 54.9 Å². The van der Waals surface area contributed by atoms with Gasteiger partial charge in [0.05, 0.1) is 6.20 Å². The lowest BCUT2D eigenvalue weighted by atomic mass is 10.1. The molecule has 0 aliphatic carbocycles. The fourth-order valence-corrected chi connectivity index (χ4v) is 2.08. The van der Waals surface area contributed by atoms with Gasteiger partial charge in [-0.2, -0.15) is 5.10 Å². The van der Waals surface area contributed by atoms with Gasteiger partial charge in [-0.1, -0.05) is 41.9 Å². The number of benzene rings is 1. The molecule has 4 nitrogen and oxygen atoms in total. The van der Waals surface area contributed by atoms with Crippen LogP contribution in [0.4, 0.5) is 0 Å². The van der Waals surface area contributed by atoms with E-state index in [0.29, 0.717) is 16.7 Å². The third-order valence-electron chi connectivity index (χ3n) is 2.77. The monoisotopic (exact) mass is 285 g/mol. The predicted octanol–water partition coefficient (Wildman–Crippen LogP) is 3.93. The maximum atomic E-state index is 5.86. The Kier molecular flexibility index (Phi) is 3.39. The summed E-state index contributed by atoms with van der Waals surface area (Å²) in [6.45, 7) is 0. The first-order valence-corrected chi connectivity index (χ1v) is 6.48. The molecule has 0 radical (unpaired) electrons. The van der Waals surface area contributed by atoms with Gasteiger partial charge in [0.15, 0.2) is 5.75 Å². The average molecular weight is 286 g/mol. The molecule has 0 bridgehead atoms. The van der Waals surface area contributed by atoms with Crippen LogP contribution in [0, 0.1) is 0 Å². The number of halogens is 1. The Morgan fingerprint density at radius 3 is 2.70 bits per heavy atom. The maximum absolute atomic E-state index is 5.86. The minimum Gasteiger partial charge on any atom is -0.453 e. The van der Waals surface area contributed by atoms with Crippen molar-refractivity contribution in [1.82, 2.24) is 14.8 Å². The average Bonchev–Trinajstić information content (AvgIpc) is 2.80. The van der Waals surface area contributed by atoms with Gasteiger partial charge in [-0.15, -0.1) is 0 Å². The molecule has 0 saturated carbocycles. The van der Waals surface area contributed by atoms with Crippen molar-refractivity contribution in [3.8, 4) is 22.8 Å². The molecule has 0 N–H and O–H groups in total. The molecule has 2 aromatic heterocycles. The summed E-state index contributed by atoms with van der Waals surface area (Å²) in [4.78, 5) is 3.93. The van der Waals surface area contributed by atoms with Crippen molar-refractivity contribution in [2.24, 2.45) is 7.05 Å². The molecule has 3 rings (SSSR count). The summed E-state index contributed by atoms with van der Waals surface area (Å²) in [6.07, 6.45) is 3.44. The van der Waals surface area contributed by atoms with E-state index in [2.05, 4.69) is 10.1 Å². The molecular formula is C15H12ClN3O. The molecule has 0 saturated heterocycles. The Morgan fingerprint density at radius 1 is 1.15 bits per heavy atom. The lowest BCUT2D eigenvalue weighted by Gasteiger charge is -2.05. The summed E-state index contributed by atoms with van der Waals surface area (Å²) in [5.74, 6) is 1.32. The Bertz CT molecular complexity index is 725. The molecule has 0 fully saturated rings. The quantitative estimate of drug-likeness (QED) is 0.685. The van der Waals surface area contributed by atoms with Crippen LogP contribution in [0.5, 0.6) is 11.5 Å². The van der Waals surface area contributed by atoms with Gasteiger partial charge in [-0.25, -0.2) is 4.98 Å². The highest BCUT2D eigenvalue weighted by molar-refractivity contribution is 6.29. The largest absolute Gasteiger partial charge is 0.453 e. The van der Waals surface area contributed by atoms with Crippen LogP contribution >= 0.6 is 11.6 Å². The fraction of sp³-hybridized carbons (Fsp3) is 0.0667. The first kappa shape index (κ1) is 12.7. The zero-order chi connectivity index (χ0) is 13.9. The van der Waals surface area contributed by atoms with Crippen LogP contribution in [-0.2, 0) is 7.05 Å². The lowest BCUT2D eigenvalue weighted by molar-refractivity contribution is 0.483. The van der Waals surface area contributed by atoms with E-state index in [1.54, 1.807) is 23.0 Å². The second-order valence-corrected chi connectivity index (χ2v) is 4.69. The van der Waals surface area contributed by atoms with Gasteiger partial charge < -0.3 is 4.74 Å². The standard InChI is InChI=1S/C15H12ClN3O/c1-19-10-13(20-12-7-8-17-14(16)9-12)15(18-19)11-5-3-2-4-6-11/h2-10H,1H3. The molecule has 0 atom stereocenters. The minimum absolute atomic E-state index is 0.396. The van der Waals surface area contributed by atoms with Crippen molar-refractivity contribution >= 4 is 11.6 Å². The Balaban J connectivity index is 1.98. The van der Waals surface area contributed by atoms with Crippen molar-refractivity contribution in [3.63, 3.8) is 0 Å². The molecule has 5 heteroatoms. The normalized spacial score (nSPS) is 10.5. The van der Waals surface area contributed by atoms with Crippen molar-refractivity contribution in [2.75, 3.05) is 0 Å². The van der Waals surface area contributed by atoms with E-state index >= 15 is 0 Å². The van der Waals surface area contributed by atoms with Gasteiger partial charge in [0.2, 0.25) is 0 Å². The number of pyridine rings is 1. The van der Waals surface area contributed by atoms with E-state index in [-0.39, 0.29) is 0 Å². The number of ether oxygens (including phenoxy) is 1. The molecule has 20 heavy (non-hydrogen) atoms.